The molecular weight excluding hydrogens is 202 g/mol. The molecule has 0 fully saturated rings. The molecule has 0 rings (SSSR count). The smallest absolute Gasteiger partial charge is 0.188 e. The molecule has 0 saturated carbocycles. The van der Waals surface area contributed by atoms with Gasteiger partial charge in [-0.1, -0.05) is 26.0 Å². The maximum absolute atomic E-state index is 5.63. The van der Waals surface area contributed by atoms with Crippen LogP contribution in [-0.4, -0.2) is 32.3 Å². The van der Waals surface area contributed by atoms with E-state index in [-0.39, 0.29) is 0 Å². The number of guanidine groups is 1. The zero-order valence-corrected chi connectivity index (χ0v) is 10.8. The summed E-state index contributed by atoms with van der Waals surface area (Å²) >= 11 is 0. The summed E-state index contributed by atoms with van der Waals surface area (Å²) < 4.78 is 5.43. The molecule has 0 amide bonds. The third-order valence-electron chi connectivity index (χ3n) is 1.91. The molecule has 0 spiro atoms. The van der Waals surface area contributed by atoms with Crippen molar-refractivity contribution in [1.29, 1.82) is 0 Å². The van der Waals surface area contributed by atoms with Crippen LogP contribution in [0.25, 0.3) is 0 Å². The Balaban J connectivity index is 3.37. The van der Waals surface area contributed by atoms with Crippen LogP contribution >= 0.6 is 0 Å². The van der Waals surface area contributed by atoms with Gasteiger partial charge < -0.3 is 15.8 Å². The Morgan fingerprint density at radius 2 is 2.12 bits per heavy atom. The monoisotopic (exact) mass is 227 g/mol. The van der Waals surface area contributed by atoms with Crippen LogP contribution in [0.5, 0.6) is 0 Å². The van der Waals surface area contributed by atoms with E-state index in [1.807, 2.05) is 6.92 Å². The summed E-state index contributed by atoms with van der Waals surface area (Å²) in [6.07, 6.45) is 1.10. The molecule has 0 saturated heterocycles. The second kappa shape index (κ2) is 9.21. The van der Waals surface area contributed by atoms with Gasteiger partial charge in [-0.25, -0.2) is 4.99 Å². The van der Waals surface area contributed by atoms with Crippen LogP contribution in [0.15, 0.2) is 17.1 Å². The number of hydrogen-bond acceptors (Lipinski definition) is 2. The van der Waals surface area contributed by atoms with Crippen LogP contribution < -0.4 is 11.1 Å². The van der Waals surface area contributed by atoms with Crippen molar-refractivity contribution in [3.8, 4) is 0 Å². The van der Waals surface area contributed by atoms with E-state index in [0.717, 1.165) is 18.6 Å². The molecule has 3 N–H and O–H groups in total. The average Bonchev–Trinajstić information content (AvgIpc) is 2.19. The number of nitrogens with one attached hydrogen (secondary N) is 1. The Labute approximate surface area is 99.0 Å². The van der Waals surface area contributed by atoms with Gasteiger partial charge in [0.05, 0.1) is 13.2 Å². The van der Waals surface area contributed by atoms with Crippen LogP contribution in [0, 0.1) is 5.92 Å². The van der Waals surface area contributed by atoms with Crippen molar-refractivity contribution >= 4 is 5.96 Å². The zero-order valence-electron chi connectivity index (χ0n) is 10.8. The summed E-state index contributed by atoms with van der Waals surface area (Å²) in [6.45, 7) is 12.8. The standard InChI is InChI=1S/C12H25N3O/c1-10(2)5-7-16-8-6-14-12(13)15-9-11(3)4/h10H,3,5-9H2,1-2,4H3,(H3,13,14,15). The van der Waals surface area contributed by atoms with E-state index in [1.54, 1.807) is 0 Å². The lowest BCUT2D eigenvalue weighted by Gasteiger charge is -2.08. The first-order valence-electron chi connectivity index (χ1n) is 5.78. The van der Waals surface area contributed by atoms with E-state index in [4.69, 9.17) is 10.5 Å². The number of nitrogens with two attached hydrogens (primary N) is 1. The van der Waals surface area contributed by atoms with Gasteiger partial charge in [0, 0.05) is 13.2 Å². The molecule has 0 bridgehead atoms. The van der Waals surface area contributed by atoms with Gasteiger partial charge in [0.2, 0.25) is 0 Å². The quantitative estimate of drug-likeness (QED) is 0.286. The average molecular weight is 227 g/mol. The van der Waals surface area contributed by atoms with E-state index >= 15 is 0 Å². The fourth-order valence-electron chi connectivity index (χ4n) is 0.948. The Hall–Kier alpha value is -1.03. The first-order valence-corrected chi connectivity index (χ1v) is 5.78. The third-order valence-corrected chi connectivity index (χ3v) is 1.91. The topological polar surface area (TPSA) is 59.6 Å². The first-order chi connectivity index (χ1) is 7.52. The fourth-order valence-corrected chi connectivity index (χ4v) is 0.948. The van der Waals surface area contributed by atoms with Crippen molar-refractivity contribution in [2.75, 3.05) is 26.3 Å². The summed E-state index contributed by atoms with van der Waals surface area (Å²) in [5.74, 6) is 1.14. The van der Waals surface area contributed by atoms with E-state index in [9.17, 15) is 0 Å². The summed E-state index contributed by atoms with van der Waals surface area (Å²) in [6, 6.07) is 0. The van der Waals surface area contributed by atoms with Gasteiger partial charge in [0.1, 0.15) is 0 Å². The first kappa shape index (κ1) is 15.0. The highest BCUT2D eigenvalue weighted by Crippen LogP contribution is 1.98. The Kier molecular flexibility index (Phi) is 8.62. The molecule has 0 aliphatic carbocycles. The highest BCUT2D eigenvalue weighted by atomic mass is 16.5. The van der Waals surface area contributed by atoms with Crippen molar-refractivity contribution in [1.82, 2.24) is 5.32 Å². The predicted octanol–water partition coefficient (Wildman–Crippen LogP) is 1.53. The molecule has 0 aromatic carbocycles. The highest BCUT2D eigenvalue weighted by molar-refractivity contribution is 5.77. The normalized spacial score (nSPS) is 11.9. The minimum atomic E-state index is 0.454. The molecule has 0 aliphatic rings. The SMILES string of the molecule is C=C(C)CN=C(N)NCCOCCC(C)C. The molecule has 0 unspecified atom stereocenters. The summed E-state index contributed by atoms with van der Waals surface area (Å²) in [7, 11) is 0. The molecule has 0 aromatic heterocycles. The summed E-state index contributed by atoms with van der Waals surface area (Å²) in [4.78, 5) is 4.10. The Morgan fingerprint density at radius 1 is 1.44 bits per heavy atom. The van der Waals surface area contributed by atoms with E-state index in [0.29, 0.717) is 31.6 Å². The Bertz CT molecular complexity index is 224. The number of nitrogens with zero attached hydrogens (tertiary/aromatic N) is 1. The third kappa shape index (κ3) is 11.0. The predicted molar refractivity (Wildman–Crippen MR) is 69.6 cm³/mol. The van der Waals surface area contributed by atoms with Crippen LogP contribution in [0.4, 0.5) is 0 Å². The molecule has 0 radical (unpaired) electrons. The van der Waals surface area contributed by atoms with Crippen molar-refractivity contribution in [2.24, 2.45) is 16.6 Å². The second-order valence-electron chi connectivity index (χ2n) is 4.38. The Morgan fingerprint density at radius 3 is 2.69 bits per heavy atom. The van der Waals surface area contributed by atoms with Gasteiger partial charge in [-0.2, -0.15) is 0 Å². The fraction of sp³-hybridized carbons (Fsp3) is 0.750. The van der Waals surface area contributed by atoms with E-state index in [2.05, 4.69) is 30.7 Å². The van der Waals surface area contributed by atoms with E-state index in [1.165, 1.54) is 0 Å². The molecule has 16 heavy (non-hydrogen) atoms. The molecule has 0 atom stereocenters. The molecule has 94 valence electrons. The maximum atomic E-state index is 5.63. The largest absolute Gasteiger partial charge is 0.380 e. The lowest BCUT2D eigenvalue weighted by molar-refractivity contribution is 0.128. The number of ether oxygens (including phenoxy) is 1. The van der Waals surface area contributed by atoms with Crippen molar-refractivity contribution in [3.63, 3.8) is 0 Å². The van der Waals surface area contributed by atoms with Crippen LogP contribution in [0.3, 0.4) is 0 Å². The minimum absolute atomic E-state index is 0.454. The van der Waals surface area contributed by atoms with Crippen molar-refractivity contribution in [2.45, 2.75) is 27.2 Å². The number of rotatable bonds is 8. The molecule has 4 nitrogen and oxygen atoms in total. The van der Waals surface area contributed by atoms with Gasteiger partial charge in [-0.05, 0) is 19.3 Å². The van der Waals surface area contributed by atoms with Gasteiger partial charge in [-0.15, -0.1) is 0 Å². The highest BCUT2D eigenvalue weighted by Gasteiger charge is 1.94. The second-order valence-corrected chi connectivity index (χ2v) is 4.38. The summed E-state index contributed by atoms with van der Waals surface area (Å²) in [5, 5.41) is 2.99. The molecule has 0 aliphatic heterocycles. The van der Waals surface area contributed by atoms with Crippen molar-refractivity contribution < 1.29 is 4.74 Å². The van der Waals surface area contributed by atoms with Crippen LogP contribution in [-0.2, 0) is 4.74 Å². The molecule has 4 heteroatoms. The molecule has 0 heterocycles. The molecular formula is C12H25N3O. The van der Waals surface area contributed by atoms with Gasteiger partial charge in [-0.3, -0.25) is 0 Å². The van der Waals surface area contributed by atoms with Crippen molar-refractivity contribution in [3.05, 3.63) is 12.2 Å². The zero-order chi connectivity index (χ0) is 12.4. The molecule has 0 aromatic rings. The summed E-state index contributed by atoms with van der Waals surface area (Å²) in [5.41, 5.74) is 6.63. The van der Waals surface area contributed by atoms with Gasteiger partial charge >= 0.3 is 0 Å². The minimum Gasteiger partial charge on any atom is -0.380 e. The van der Waals surface area contributed by atoms with E-state index < -0.39 is 0 Å². The van der Waals surface area contributed by atoms with Crippen LogP contribution in [0.1, 0.15) is 27.2 Å². The lowest BCUT2D eigenvalue weighted by atomic mass is 10.1. The van der Waals surface area contributed by atoms with Crippen LogP contribution in [0.2, 0.25) is 0 Å². The lowest BCUT2D eigenvalue weighted by Crippen LogP contribution is -2.34. The number of aliphatic imine (C=N–C) groups is 1. The van der Waals surface area contributed by atoms with Gasteiger partial charge in [0.25, 0.3) is 0 Å². The maximum Gasteiger partial charge on any atom is 0.188 e. The number of hydrogen-bond donors (Lipinski definition) is 2. The van der Waals surface area contributed by atoms with Gasteiger partial charge in [0.15, 0.2) is 5.96 Å².